The standard InChI is InChI=1S/C48H68O6/c1-33(44(2,3)54-41-20-14-15-27-51-41)21-26-48(7,50)42-38(49)29-40-46(5)24-22-36-28-37(52-31-34-16-10-8-11-17-34)23-25-45(36,4)43(46)39(30-47(40,42)6)53-32-35-18-12-9-13-19-35/h8-13,16-19,33,36-43,49-50H,14-15,20,22-25,27-32H2,1-7H3/t33-,36-,37+,38-,39-,40-,41?,42-,43+,45-,46-,47-,48-/m0/s1. The van der Waals surface area contributed by atoms with E-state index in [0.717, 1.165) is 64.4 Å². The molecule has 4 aliphatic carbocycles. The molecule has 1 saturated heterocycles. The van der Waals surface area contributed by atoms with E-state index in [0.29, 0.717) is 31.5 Å². The van der Waals surface area contributed by atoms with Crippen LogP contribution in [0.3, 0.4) is 0 Å². The predicted octanol–water partition coefficient (Wildman–Crippen LogP) is 9.50. The molecule has 2 aromatic rings. The second kappa shape index (κ2) is 15.6. The van der Waals surface area contributed by atoms with Crippen molar-refractivity contribution in [2.45, 2.75) is 162 Å². The molecule has 2 N–H and O–H groups in total. The van der Waals surface area contributed by atoms with Gasteiger partial charge in [0.25, 0.3) is 0 Å². The van der Waals surface area contributed by atoms with Crippen molar-refractivity contribution in [3.63, 3.8) is 0 Å². The Labute approximate surface area is 326 Å². The maximum atomic E-state index is 12.4. The Morgan fingerprint density at radius 1 is 0.833 bits per heavy atom. The summed E-state index contributed by atoms with van der Waals surface area (Å²) in [4.78, 5) is 0. The molecular formula is C48H68O6. The SMILES string of the molecule is C[C@@H](C#C[C@](C)(O)[C@H]1[C@@H](O)C[C@H]2[C@]3(C)CC[C@H]4C[C@H](OCc5ccccc5)CC[C@]4(C)[C@H]3[C@@H](OCc3ccccc3)C[C@@]21C)C(C)(C)OC1CCCCO1. The van der Waals surface area contributed by atoms with Crippen LogP contribution in [0, 0.1) is 57.7 Å². The number of fused-ring (bicyclic) bond motifs is 5. The zero-order valence-corrected chi connectivity index (χ0v) is 34.2. The van der Waals surface area contributed by atoms with Crippen LogP contribution in [0.25, 0.3) is 0 Å². The summed E-state index contributed by atoms with van der Waals surface area (Å²) in [5.41, 5.74) is 0.147. The zero-order chi connectivity index (χ0) is 38.4. The largest absolute Gasteiger partial charge is 0.393 e. The first-order valence-corrected chi connectivity index (χ1v) is 21.2. The smallest absolute Gasteiger partial charge is 0.158 e. The first kappa shape index (κ1) is 40.0. The van der Waals surface area contributed by atoms with Gasteiger partial charge in [-0.1, -0.05) is 93.3 Å². The molecule has 6 heteroatoms. The summed E-state index contributed by atoms with van der Waals surface area (Å²) >= 11 is 0. The molecule has 5 aliphatic rings. The minimum atomic E-state index is -1.39. The average Bonchev–Trinajstić information content (AvgIpc) is 3.44. The molecule has 54 heavy (non-hydrogen) atoms. The molecule has 1 heterocycles. The summed E-state index contributed by atoms with van der Waals surface area (Å²) in [5, 5.41) is 24.6. The zero-order valence-electron chi connectivity index (χ0n) is 34.2. The monoisotopic (exact) mass is 741 g/mol. The van der Waals surface area contributed by atoms with Gasteiger partial charge in [-0.3, -0.25) is 0 Å². The van der Waals surface area contributed by atoms with Crippen LogP contribution in [0.2, 0.25) is 0 Å². The van der Waals surface area contributed by atoms with Gasteiger partial charge in [-0.2, -0.15) is 0 Å². The van der Waals surface area contributed by atoms with E-state index in [1.54, 1.807) is 0 Å². The van der Waals surface area contributed by atoms with Gasteiger partial charge in [-0.15, -0.1) is 0 Å². The Bertz CT molecular complexity index is 1610. The number of aliphatic hydroxyl groups excluding tert-OH is 1. The van der Waals surface area contributed by atoms with Crippen molar-refractivity contribution in [1.82, 2.24) is 0 Å². The third kappa shape index (κ3) is 7.72. The summed E-state index contributed by atoms with van der Waals surface area (Å²) in [6.07, 6.45) is 9.44. The first-order chi connectivity index (χ1) is 25.7. The van der Waals surface area contributed by atoms with Crippen LogP contribution in [0.1, 0.15) is 124 Å². The van der Waals surface area contributed by atoms with E-state index < -0.39 is 23.2 Å². The average molecular weight is 741 g/mol. The highest BCUT2D eigenvalue weighted by Gasteiger charge is 2.71. The van der Waals surface area contributed by atoms with Crippen molar-refractivity contribution in [1.29, 1.82) is 0 Å². The Morgan fingerprint density at radius 2 is 1.48 bits per heavy atom. The van der Waals surface area contributed by atoms with Gasteiger partial charge in [0.15, 0.2) is 6.29 Å². The fraction of sp³-hybridized carbons (Fsp3) is 0.708. The maximum absolute atomic E-state index is 12.4. The van der Waals surface area contributed by atoms with E-state index in [2.05, 4.69) is 114 Å². The fourth-order valence-corrected chi connectivity index (χ4v) is 12.7. The van der Waals surface area contributed by atoms with Gasteiger partial charge in [-0.05, 0) is 137 Å². The van der Waals surface area contributed by atoms with Crippen LogP contribution in [0.15, 0.2) is 60.7 Å². The van der Waals surface area contributed by atoms with Gasteiger partial charge in [-0.25, -0.2) is 0 Å². The molecule has 7 rings (SSSR count). The van der Waals surface area contributed by atoms with E-state index in [1.807, 2.05) is 6.92 Å². The predicted molar refractivity (Wildman–Crippen MR) is 213 cm³/mol. The highest BCUT2D eigenvalue weighted by Crippen LogP contribution is 2.73. The van der Waals surface area contributed by atoms with E-state index in [9.17, 15) is 10.2 Å². The van der Waals surface area contributed by atoms with Gasteiger partial charge in [0.05, 0.1) is 37.1 Å². The molecule has 296 valence electrons. The number of hydrogen-bond donors (Lipinski definition) is 2. The Morgan fingerprint density at radius 3 is 2.13 bits per heavy atom. The molecule has 0 spiro atoms. The molecule has 6 nitrogen and oxygen atoms in total. The highest BCUT2D eigenvalue weighted by atomic mass is 16.7. The topological polar surface area (TPSA) is 77.4 Å². The van der Waals surface area contributed by atoms with Crippen LogP contribution in [0.5, 0.6) is 0 Å². The molecule has 0 amide bonds. The van der Waals surface area contributed by atoms with Crippen LogP contribution >= 0.6 is 0 Å². The molecule has 0 bridgehead atoms. The lowest BCUT2D eigenvalue weighted by Crippen LogP contribution is -2.65. The van der Waals surface area contributed by atoms with Crippen molar-refractivity contribution in [3.05, 3.63) is 71.8 Å². The van der Waals surface area contributed by atoms with Crippen molar-refractivity contribution in [2.75, 3.05) is 6.61 Å². The van der Waals surface area contributed by atoms with E-state index >= 15 is 0 Å². The normalized spacial score (nSPS) is 39.6. The van der Waals surface area contributed by atoms with Crippen molar-refractivity contribution >= 4 is 0 Å². The first-order valence-electron chi connectivity index (χ1n) is 21.2. The van der Waals surface area contributed by atoms with Crippen molar-refractivity contribution < 1.29 is 29.2 Å². The van der Waals surface area contributed by atoms with Crippen LogP contribution in [0.4, 0.5) is 0 Å². The molecule has 13 atom stereocenters. The second-order valence-electron chi connectivity index (χ2n) is 19.5. The lowest BCUT2D eigenvalue weighted by Gasteiger charge is -2.68. The van der Waals surface area contributed by atoms with Gasteiger partial charge in [0.2, 0.25) is 0 Å². The molecule has 0 radical (unpaired) electrons. The second-order valence-corrected chi connectivity index (χ2v) is 19.5. The Hall–Kier alpha value is -2.24. The lowest BCUT2D eigenvalue weighted by molar-refractivity contribution is -0.240. The van der Waals surface area contributed by atoms with Crippen LogP contribution in [-0.4, -0.2) is 52.6 Å². The van der Waals surface area contributed by atoms with Gasteiger partial charge in [0, 0.05) is 18.4 Å². The summed E-state index contributed by atoms with van der Waals surface area (Å²) < 4.78 is 26.1. The Balaban J connectivity index is 1.15. The number of aliphatic hydroxyl groups is 2. The third-order valence-corrected chi connectivity index (χ3v) is 15.5. The van der Waals surface area contributed by atoms with E-state index in [1.165, 1.54) is 11.1 Å². The summed E-state index contributed by atoms with van der Waals surface area (Å²) in [5.74, 6) is 7.34. The number of ether oxygens (including phenoxy) is 4. The van der Waals surface area contributed by atoms with Gasteiger partial charge < -0.3 is 29.2 Å². The quantitative estimate of drug-likeness (QED) is 0.237. The molecule has 5 fully saturated rings. The van der Waals surface area contributed by atoms with Gasteiger partial charge in [0.1, 0.15) is 5.60 Å². The minimum absolute atomic E-state index is 0.00986. The fourth-order valence-electron chi connectivity index (χ4n) is 12.7. The molecule has 1 unspecified atom stereocenters. The van der Waals surface area contributed by atoms with E-state index in [4.69, 9.17) is 18.9 Å². The minimum Gasteiger partial charge on any atom is -0.393 e. The maximum Gasteiger partial charge on any atom is 0.158 e. The van der Waals surface area contributed by atoms with Gasteiger partial charge >= 0.3 is 0 Å². The number of hydrogen-bond acceptors (Lipinski definition) is 6. The number of benzene rings is 2. The summed E-state index contributed by atoms with van der Waals surface area (Å²) in [6.45, 7) is 17.4. The molecular weight excluding hydrogens is 673 g/mol. The highest BCUT2D eigenvalue weighted by molar-refractivity contribution is 5.26. The third-order valence-electron chi connectivity index (χ3n) is 15.5. The summed E-state index contributed by atoms with van der Waals surface area (Å²) in [7, 11) is 0. The lowest BCUT2D eigenvalue weighted by atomic mass is 9.38. The molecule has 1 aliphatic heterocycles. The van der Waals surface area contributed by atoms with Crippen LogP contribution in [-0.2, 0) is 32.2 Å². The van der Waals surface area contributed by atoms with Crippen molar-refractivity contribution in [3.8, 4) is 11.8 Å². The molecule has 0 aromatic heterocycles. The molecule has 4 saturated carbocycles. The Kier molecular flexibility index (Phi) is 11.5. The van der Waals surface area contributed by atoms with Crippen LogP contribution < -0.4 is 0 Å². The molecule has 2 aromatic carbocycles. The number of rotatable bonds is 10. The summed E-state index contributed by atoms with van der Waals surface area (Å²) in [6, 6.07) is 21.1. The van der Waals surface area contributed by atoms with Crippen molar-refractivity contribution in [2.24, 2.45) is 45.8 Å². The van der Waals surface area contributed by atoms with E-state index in [-0.39, 0.29) is 46.6 Å².